The van der Waals surface area contributed by atoms with E-state index in [1.54, 1.807) is 19.2 Å². The van der Waals surface area contributed by atoms with Crippen LogP contribution in [-0.4, -0.2) is 18.0 Å². The first-order valence-electron chi connectivity index (χ1n) is 8.50. The minimum Gasteiger partial charge on any atom is -0.497 e. The second kappa shape index (κ2) is 8.47. The molecule has 136 valence electrons. The van der Waals surface area contributed by atoms with Gasteiger partial charge in [-0.1, -0.05) is 12.1 Å². The molecule has 0 aliphatic carbocycles. The topological polar surface area (TPSA) is 75.0 Å². The SMILES string of the molecule is COc1ccc(-c2nc(NC(=O)CCc3ccc(C#N)cc3)sc2C)cc1. The van der Waals surface area contributed by atoms with Gasteiger partial charge in [-0.2, -0.15) is 5.26 Å². The number of methoxy groups -OCH3 is 1. The van der Waals surface area contributed by atoms with Gasteiger partial charge in [0.2, 0.25) is 5.91 Å². The molecular weight excluding hydrogens is 358 g/mol. The highest BCUT2D eigenvalue weighted by Crippen LogP contribution is 2.31. The number of thiazole rings is 1. The molecule has 0 saturated carbocycles. The van der Waals surface area contributed by atoms with E-state index in [1.165, 1.54) is 11.3 Å². The summed E-state index contributed by atoms with van der Waals surface area (Å²) in [5.41, 5.74) is 3.50. The number of rotatable bonds is 6. The molecule has 0 aliphatic heterocycles. The third-order valence-electron chi connectivity index (χ3n) is 4.13. The summed E-state index contributed by atoms with van der Waals surface area (Å²) >= 11 is 1.46. The van der Waals surface area contributed by atoms with Crippen molar-refractivity contribution < 1.29 is 9.53 Å². The fourth-order valence-electron chi connectivity index (χ4n) is 2.65. The summed E-state index contributed by atoms with van der Waals surface area (Å²) < 4.78 is 5.18. The molecule has 0 bridgehead atoms. The van der Waals surface area contributed by atoms with Crippen LogP contribution in [0, 0.1) is 18.3 Å². The summed E-state index contributed by atoms with van der Waals surface area (Å²) in [6.45, 7) is 1.99. The lowest BCUT2D eigenvalue weighted by molar-refractivity contribution is -0.116. The van der Waals surface area contributed by atoms with E-state index in [9.17, 15) is 4.79 Å². The molecule has 1 aromatic heterocycles. The largest absolute Gasteiger partial charge is 0.497 e. The summed E-state index contributed by atoms with van der Waals surface area (Å²) in [4.78, 5) is 17.8. The average molecular weight is 377 g/mol. The molecule has 0 saturated heterocycles. The van der Waals surface area contributed by atoms with Crippen LogP contribution in [0.2, 0.25) is 0 Å². The van der Waals surface area contributed by atoms with Crippen LogP contribution >= 0.6 is 11.3 Å². The molecule has 3 rings (SSSR count). The minimum absolute atomic E-state index is 0.0746. The smallest absolute Gasteiger partial charge is 0.226 e. The lowest BCUT2D eigenvalue weighted by Gasteiger charge is -2.03. The quantitative estimate of drug-likeness (QED) is 0.683. The standard InChI is InChI=1S/C21H19N3O2S/c1-14-20(17-8-10-18(26-2)11-9-17)24-21(27-14)23-19(25)12-7-15-3-5-16(13-22)6-4-15/h3-6,8-11H,7,12H2,1-2H3,(H,23,24,25). The van der Waals surface area contributed by atoms with Gasteiger partial charge in [-0.25, -0.2) is 4.98 Å². The van der Waals surface area contributed by atoms with Crippen LogP contribution in [0.4, 0.5) is 5.13 Å². The van der Waals surface area contributed by atoms with Crippen molar-refractivity contribution in [1.29, 1.82) is 5.26 Å². The summed E-state index contributed by atoms with van der Waals surface area (Å²) in [7, 11) is 1.63. The molecule has 2 aromatic carbocycles. The van der Waals surface area contributed by atoms with E-state index < -0.39 is 0 Å². The normalized spacial score (nSPS) is 10.3. The van der Waals surface area contributed by atoms with Gasteiger partial charge in [0.05, 0.1) is 24.4 Å². The van der Waals surface area contributed by atoms with Crippen molar-refractivity contribution in [3.63, 3.8) is 0 Å². The van der Waals surface area contributed by atoms with Crippen molar-refractivity contribution in [3.05, 3.63) is 64.5 Å². The van der Waals surface area contributed by atoms with Crippen molar-refractivity contribution >= 4 is 22.4 Å². The second-order valence-electron chi connectivity index (χ2n) is 6.01. The molecule has 0 aliphatic rings. The van der Waals surface area contributed by atoms with Crippen molar-refractivity contribution in [3.8, 4) is 23.1 Å². The first-order valence-corrected chi connectivity index (χ1v) is 9.31. The zero-order valence-corrected chi connectivity index (χ0v) is 16.0. The summed E-state index contributed by atoms with van der Waals surface area (Å²) in [6, 6.07) is 17.1. The number of aryl methyl sites for hydroxylation is 2. The Morgan fingerprint density at radius 1 is 1.19 bits per heavy atom. The molecule has 3 aromatic rings. The third-order valence-corrected chi connectivity index (χ3v) is 5.02. The lowest BCUT2D eigenvalue weighted by Crippen LogP contribution is -2.12. The van der Waals surface area contributed by atoms with E-state index in [4.69, 9.17) is 10.00 Å². The first kappa shape index (κ1) is 18.6. The maximum absolute atomic E-state index is 12.2. The van der Waals surface area contributed by atoms with E-state index in [0.717, 1.165) is 27.4 Å². The van der Waals surface area contributed by atoms with Crippen LogP contribution in [-0.2, 0) is 11.2 Å². The number of carbonyl (C=O) groups excluding carboxylic acids is 1. The van der Waals surface area contributed by atoms with E-state index in [0.29, 0.717) is 23.5 Å². The predicted octanol–water partition coefficient (Wildman–Crippen LogP) is 4.57. The van der Waals surface area contributed by atoms with Crippen LogP contribution in [0.25, 0.3) is 11.3 Å². The van der Waals surface area contributed by atoms with Gasteiger partial charge in [0.1, 0.15) is 5.75 Å². The Hall–Kier alpha value is -3.17. The van der Waals surface area contributed by atoms with Crippen molar-refractivity contribution in [1.82, 2.24) is 4.98 Å². The predicted molar refractivity (Wildman–Crippen MR) is 107 cm³/mol. The van der Waals surface area contributed by atoms with Gasteiger partial charge in [0.15, 0.2) is 5.13 Å². The molecule has 1 heterocycles. The zero-order chi connectivity index (χ0) is 19.2. The van der Waals surface area contributed by atoms with Crippen LogP contribution in [0.1, 0.15) is 22.4 Å². The number of carbonyl (C=O) groups is 1. The summed E-state index contributed by atoms with van der Waals surface area (Å²) in [5, 5.41) is 12.3. The summed E-state index contributed by atoms with van der Waals surface area (Å²) in [5.74, 6) is 0.720. The molecule has 0 radical (unpaired) electrons. The van der Waals surface area contributed by atoms with Gasteiger partial charge in [0.25, 0.3) is 0 Å². The number of nitriles is 1. The van der Waals surface area contributed by atoms with E-state index >= 15 is 0 Å². The fraction of sp³-hybridized carbons (Fsp3) is 0.190. The Morgan fingerprint density at radius 3 is 2.52 bits per heavy atom. The summed E-state index contributed by atoms with van der Waals surface area (Å²) in [6.07, 6.45) is 0.982. The Morgan fingerprint density at radius 2 is 1.89 bits per heavy atom. The fourth-order valence-corrected chi connectivity index (χ4v) is 3.50. The number of aromatic nitrogens is 1. The molecule has 0 atom stereocenters. The molecule has 0 spiro atoms. The molecule has 0 fully saturated rings. The molecule has 1 N–H and O–H groups in total. The number of ether oxygens (including phenoxy) is 1. The average Bonchev–Trinajstić information content (AvgIpc) is 3.06. The highest BCUT2D eigenvalue weighted by Gasteiger charge is 2.12. The highest BCUT2D eigenvalue weighted by atomic mass is 32.1. The minimum atomic E-state index is -0.0746. The second-order valence-corrected chi connectivity index (χ2v) is 7.21. The maximum atomic E-state index is 12.2. The number of hydrogen-bond acceptors (Lipinski definition) is 5. The van der Waals surface area contributed by atoms with Crippen molar-refractivity contribution in [2.75, 3.05) is 12.4 Å². The lowest BCUT2D eigenvalue weighted by atomic mass is 10.1. The molecule has 5 nitrogen and oxygen atoms in total. The molecule has 27 heavy (non-hydrogen) atoms. The number of nitrogens with one attached hydrogen (secondary N) is 1. The number of hydrogen-bond donors (Lipinski definition) is 1. The van der Waals surface area contributed by atoms with Gasteiger partial charge in [-0.15, -0.1) is 11.3 Å². The third kappa shape index (κ3) is 4.72. The molecule has 6 heteroatoms. The maximum Gasteiger partial charge on any atom is 0.226 e. The molecular formula is C21H19N3O2S. The van der Waals surface area contributed by atoms with Crippen LogP contribution in [0.15, 0.2) is 48.5 Å². The Kier molecular flexibility index (Phi) is 5.84. The molecule has 1 amide bonds. The van der Waals surface area contributed by atoms with Gasteiger partial charge in [0, 0.05) is 16.9 Å². The van der Waals surface area contributed by atoms with Gasteiger partial charge in [-0.3, -0.25) is 4.79 Å². The first-order chi connectivity index (χ1) is 13.1. The zero-order valence-electron chi connectivity index (χ0n) is 15.2. The number of amides is 1. The number of nitrogens with zero attached hydrogens (tertiary/aromatic N) is 2. The Bertz CT molecular complexity index is 970. The number of benzene rings is 2. The van der Waals surface area contributed by atoms with E-state index in [1.807, 2.05) is 43.3 Å². The van der Waals surface area contributed by atoms with E-state index in [2.05, 4.69) is 16.4 Å². The number of anilines is 1. The van der Waals surface area contributed by atoms with Gasteiger partial charge < -0.3 is 10.1 Å². The van der Waals surface area contributed by atoms with Gasteiger partial charge in [-0.05, 0) is 55.3 Å². The molecule has 0 unspecified atom stereocenters. The van der Waals surface area contributed by atoms with Crippen molar-refractivity contribution in [2.45, 2.75) is 19.8 Å². The van der Waals surface area contributed by atoms with E-state index in [-0.39, 0.29) is 5.91 Å². The van der Waals surface area contributed by atoms with Crippen LogP contribution in [0.3, 0.4) is 0 Å². The Balaban J connectivity index is 1.61. The monoisotopic (exact) mass is 377 g/mol. The van der Waals surface area contributed by atoms with Crippen molar-refractivity contribution in [2.24, 2.45) is 0 Å². The highest BCUT2D eigenvalue weighted by molar-refractivity contribution is 7.16. The van der Waals surface area contributed by atoms with Gasteiger partial charge >= 0.3 is 0 Å². The van der Waals surface area contributed by atoms with Crippen LogP contribution in [0.5, 0.6) is 5.75 Å². The Labute approximate surface area is 162 Å². The van der Waals surface area contributed by atoms with Crippen LogP contribution < -0.4 is 10.1 Å².